The molecule has 7 heteroatoms. The van der Waals surface area contributed by atoms with Gasteiger partial charge in [0.1, 0.15) is 4.32 Å². The molecule has 3 nitrogen and oxygen atoms in total. The maximum absolute atomic E-state index is 13.4. The van der Waals surface area contributed by atoms with E-state index in [1.165, 1.54) is 31.0 Å². The predicted octanol–water partition coefficient (Wildman–Crippen LogP) is 6.58. The van der Waals surface area contributed by atoms with E-state index in [4.69, 9.17) is 28.9 Å². The average Bonchev–Trinajstić information content (AvgIpc) is 3.56. The molecule has 0 spiro atoms. The highest BCUT2D eigenvalue weighted by Gasteiger charge is 2.47. The van der Waals surface area contributed by atoms with Gasteiger partial charge in [-0.25, -0.2) is 0 Å². The van der Waals surface area contributed by atoms with Gasteiger partial charge in [0.05, 0.1) is 4.91 Å². The number of aliphatic hydroxyl groups is 1. The first-order valence-corrected chi connectivity index (χ1v) is 13.7. The van der Waals surface area contributed by atoms with Crippen LogP contribution in [0.5, 0.6) is 0 Å². The Morgan fingerprint density at radius 1 is 1.27 bits per heavy atom. The highest BCUT2D eigenvalue weighted by molar-refractivity contribution is 8.26. The summed E-state index contributed by atoms with van der Waals surface area (Å²) in [5, 5.41) is 9.73. The van der Waals surface area contributed by atoms with E-state index >= 15 is 0 Å². The van der Waals surface area contributed by atoms with E-state index in [-0.39, 0.29) is 18.6 Å². The third kappa shape index (κ3) is 4.80. The summed E-state index contributed by atoms with van der Waals surface area (Å²) >= 11 is 14.9. The van der Waals surface area contributed by atoms with Gasteiger partial charge in [-0.05, 0) is 67.4 Å². The lowest BCUT2D eigenvalue weighted by atomic mass is 9.94. The van der Waals surface area contributed by atoms with Crippen molar-refractivity contribution in [2.24, 2.45) is 11.8 Å². The molecule has 2 saturated carbocycles. The van der Waals surface area contributed by atoms with Crippen LogP contribution in [-0.4, -0.2) is 32.9 Å². The molecule has 5 rings (SSSR count). The summed E-state index contributed by atoms with van der Waals surface area (Å²) in [6, 6.07) is 10.1. The van der Waals surface area contributed by atoms with Crippen LogP contribution in [0.4, 0.5) is 0 Å². The number of hydrogen-bond donors (Lipinski definition) is 1. The zero-order valence-electron chi connectivity index (χ0n) is 18.1. The number of aliphatic hydroxyl groups excluding tert-OH is 1. The smallest absolute Gasteiger partial charge is 0.266 e. The molecule has 3 aliphatic rings. The van der Waals surface area contributed by atoms with E-state index in [1.807, 2.05) is 35.2 Å². The van der Waals surface area contributed by atoms with Gasteiger partial charge in [-0.15, -0.1) is 11.3 Å². The predicted molar refractivity (Wildman–Crippen MR) is 142 cm³/mol. The zero-order chi connectivity index (χ0) is 22.9. The molecule has 1 aromatic carbocycles. The van der Waals surface area contributed by atoms with Crippen LogP contribution in [-0.2, 0) is 4.79 Å². The lowest BCUT2D eigenvalue weighted by molar-refractivity contribution is -0.124. The number of unbranched alkanes of at least 4 members (excludes halogenated alkanes) is 1. The first kappa shape index (κ1) is 23.1. The van der Waals surface area contributed by atoms with Crippen LogP contribution < -0.4 is 0 Å². The lowest BCUT2D eigenvalue weighted by Gasteiger charge is -2.30. The number of thioether (sulfide) groups is 1. The Morgan fingerprint density at radius 3 is 2.88 bits per heavy atom. The second-order valence-corrected chi connectivity index (χ2v) is 12.0. The number of fused-ring (bicyclic) bond motifs is 2. The van der Waals surface area contributed by atoms with Crippen molar-refractivity contribution in [2.75, 3.05) is 6.61 Å². The lowest BCUT2D eigenvalue weighted by Crippen LogP contribution is -2.41. The van der Waals surface area contributed by atoms with Crippen LogP contribution in [0.25, 0.3) is 16.5 Å². The molecule has 2 aliphatic carbocycles. The Kier molecular flexibility index (Phi) is 6.96. The van der Waals surface area contributed by atoms with Crippen molar-refractivity contribution in [1.82, 2.24) is 4.90 Å². The van der Waals surface area contributed by atoms with E-state index in [0.29, 0.717) is 33.0 Å². The van der Waals surface area contributed by atoms with E-state index in [2.05, 4.69) is 17.9 Å². The second-order valence-electron chi connectivity index (χ2n) is 8.82. The SMILES string of the molecule is O=C1C(=Cc2sc(-c3cccc(Cl)c3)cc2C#CCCCO)SC(=S)N1C1CC2CCC1C2. The number of thiocarbonyl (C=S) groups is 1. The summed E-state index contributed by atoms with van der Waals surface area (Å²) in [4.78, 5) is 18.0. The van der Waals surface area contributed by atoms with Crippen LogP contribution in [0, 0.1) is 23.7 Å². The van der Waals surface area contributed by atoms with E-state index in [9.17, 15) is 4.79 Å². The molecule has 1 N–H and O–H groups in total. The molecule has 33 heavy (non-hydrogen) atoms. The average molecular weight is 514 g/mol. The number of rotatable bonds is 5. The number of nitrogens with zero attached hydrogens (tertiary/aromatic N) is 1. The number of amides is 1. The Morgan fingerprint density at radius 2 is 2.15 bits per heavy atom. The van der Waals surface area contributed by atoms with Crippen molar-refractivity contribution in [1.29, 1.82) is 0 Å². The number of thiophene rings is 1. The Labute approximate surface area is 213 Å². The Balaban J connectivity index is 1.46. The van der Waals surface area contributed by atoms with E-state index < -0.39 is 0 Å². The fraction of sp³-hybridized carbons (Fsp3) is 0.385. The second kappa shape index (κ2) is 9.93. The molecular formula is C26H24ClNO2S3. The van der Waals surface area contributed by atoms with Gasteiger partial charge in [0.15, 0.2) is 0 Å². The van der Waals surface area contributed by atoms with Crippen molar-refractivity contribution < 1.29 is 9.90 Å². The maximum atomic E-state index is 13.4. The Hall–Kier alpha value is -1.62. The fourth-order valence-corrected chi connectivity index (χ4v) is 7.81. The highest BCUT2D eigenvalue weighted by atomic mass is 35.5. The molecule has 2 aromatic rings. The number of halogens is 1. The fourth-order valence-electron chi connectivity index (χ4n) is 5.13. The van der Waals surface area contributed by atoms with Gasteiger partial charge in [-0.1, -0.05) is 66.0 Å². The third-order valence-electron chi connectivity index (χ3n) is 6.67. The summed E-state index contributed by atoms with van der Waals surface area (Å²) in [5.74, 6) is 7.79. The normalized spacial score (nSPS) is 25.2. The molecule has 3 unspecified atom stereocenters. The largest absolute Gasteiger partial charge is 0.396 e. The molecule has 1 aromatic heterocycles. The third-order valence-corrected chi connectivity index (χ3v) is 9.37. The van der Waals surface area contributed by atoms with Gasteiger partial charge >= 0.3 is 0 Å². The number of hydrogen-bond acceptors (Lipinski definition) is 5. The quantitative estimate of drug-likeness (QED) is 0.212. The minimum absolute atomic E-state index is 0.0412. The minimum Gasteiger partial charge on any atom is -0.396 e. The number of carbonyl (C=O) groups is 1. The standard InChI is InChI=1S/C26H24ClNO2S3/c27-20-7-4-6-18(13-20)22-14-19(5-2-1-3-10-29)23(32-22)15-24-25(30)28(26(31)33-24)21-12-16-8-9-17(21)11-16/h4,6-7,13-17,21,29H,1,3,8-12H2. The van der Waals surface area contributed by atoms with Crippen molar-refractivity contribution in [3.8, 4) is 22.3 Å². The van der Waals surface area contributed by atoms with Gasteiger partial charge < -0.3 is 5.11 Å². The molecule has 1 amide bonds. The summed E-state index contributed by atoms with van der Waals surface area (Å²) in [6.07, 6.45) is 8.08. The van der Waals surface area contributed by atoms with Crippen LogP contribution in [0.2, 0.25) is 5.02 Å². The zero-order valence-corrected chi connectivity index (χ0v) is 21.3. The van der Waals surface area contributed by atoms with Gasteiger partial charge in [-0.2, -0.15) is 0 Å². The van der Waals surface area contributed by atoms with Gasteiger partial charge in [0.2, 0.25) is 0 Å². The first-order chi connectivity index (χ1) is 16.0. The van der Waals surface area contributed by atoms with Crippen LogP contribution >= 0.6 is 46.9 Å². The van der Waals surface area contributed by atoms with Gasteiger partial charge in [0, 0.05) is 39.4 Å². The van der Waals surface area contributed by atoms with Crippen molar-refractivity contribution >= 4 is 63.2 Å². The van der Waals surface area contributed by atoms with Gasteiger partial charge in [0.25, 0.3) is 5.91 Å². The molecular weight excluding hydrogens is 490 g/mol. The van der Waals surface area contributed by atoms with Crippen molar-refractivity contribution in [2.45, 2.75) is 44.6 Å². The monoisotopic (exact) mass is 513 g/mol. The number of benzene rings is 1. The molecule has 3 atom stereocenters. The number of carbonyl (C=O) groups excluding carboxylic acids is 1. The molecule has 2 bridgehead atoms. The topological polar surface area (TPSA) is 40.5 Å². The summed E-state index contributed by atoms with van der Waals surface area (Å²) in [5.41, 5.74) is 1.91. The molecule has 2 heterocycles. The molecule has 3 fully saturated rings. The highest BCUT2D eigenvalue weighted by Crippen LogP contribution is 2.49. The van der Waals surface area contributed by atoms with Crippen LogP contribution in [0.1, 0.15) is 49.0 Å². The molecule has 1 aliphatic heterocycles. The first-order valence-electron chi connectivity index (χ1n) is 11.3. The molecule has 170 valence electrons. The maximum Gasteiger partial charge on any atom is 0.266 e. The summed E-state index contributed by atoms with van der Waals surface area (Å²) in [6.45, 7) is 0.129. The van der Waals surface area contributed by atoms with Crippen LogP contribution in [0.3, 0.4) is 0 Å². The van der Waals surface area contributed by atoms with E-state index in [1.54, 1.807) is 11.3 Å². The van der Waals surface area contributed by atoms with Crippen molar-refractivity contribution in [3.63, 3.8) is 0 Å². The summed E-state index contributed by atoms with van der Waals surface area (Å²) < 4.78 is 0.686. The molecule has 1 saturated heterocycles. The summed E-state index contributed by atoms with van der Waals surface area (Å²) in [7, 11) is 0. The van der Waals surface area contributed by atoms with Crippen LogP contribution in [0.15, 0.2) is 35.2 Å². The molecule has 0 radical (unpaired) electrons. The van der Waals surface area contributed by atoms with Crippen molar-refractivity contribution in [3.05, 3.63) is 50.7 Å². The van der Waals surface area contributed by atoms with E-state index in [0.717, 1.165) is 33.2 Å². The Bertz CT molecular complexity index is 1190. The van der Waals surface area contributed by atoms with Gasteiger partial charge in [-0.3, -0.25) is 9.69 Å². The minimum atomic E-state index is 0.0412.